The van der Waals surface area contributed by atoms with Gasteiger partial charge >= 0.3 is 5.97 Å². The molecular weight excluding hydrogens is 270 g/mol. The van der Waals surface area contributed by atoms with E-state index in [2.05, 4.69) is 5.32 Å². The van der Waals surface area contributed by atoms with E-state index in [-0.39, 0.29) is 12.1 Å². The highest BCUT2D eigenvalue weighted by Gasteiger charge is 2.53. The lowest BCUT2D eigenvalue weighted by Crippen LogP contribution is -2.70. The largest absolute Gasteiger partial charge is 0.477 e. The van der Waals surface area contributed by atoms with Gasteiger partial charge in [-0.05, 0) is 12.5 Å². The number of rotatable bonds is 3. The quantitative estimate of drug-likeness (QED) is 0.685. The summed E-state index contributed by atoms with van der Waals surface area (Å²) in [6, 6.07) is 0.952. The number of nitrogens with one attached hydrogen (secondary N) is 1. The fourth-order valence-corrected chi connectivity index (χ4v) is 3.36. The van der Waals surface area contributed by atoms with Gasteiger partial charge in [0.25, 0.3) is 5.91 Å². The molecule has 2 rings (SSSR count). The van der Waals surface area contributed by atoms with Crippen LogP contribution < -0.4 is 5.32 Å². The number of nitrogens with zero attached hydrogens (tertiary/aromatic N) is 2. The lowest BCUT2D eigenvalue weighted by atomic mass is 10.0. The van der Waals surface area contributed by atoms with Crippen LogP contribution in [0.5, 0.6) is 0 Å². The van der Waals surface area contributed by atoms with Crippen LogP contribution in [0.3, 0.4) is 0 Å². The minimum absolute atomic E-state index is 0.000433. The Balaban J connectivity index is 2.14. The topological polar surface area (TPSA) is 110 Å². The monoisotopic (exact) mass is 281 g/mol. The van der Waals surface area contributed by atoms with Crippen LogP contribution in [-0.2, 0) is 14.4 Å². The first kappa shape index (κ1) is 13.4. The van der Waals surface area contributed by atoms with Crippen LogP contribution >= 0.6 is 11.8 Å². The molecule has 1 fully saturated rings. The lowest BCUT2D eigenvalue weighted by molar-refractivity contribution is -0.150. The van der Waals surface area contributed by atoms with E-state index in [1.807, 2.05) is 0 Å². The molecule has 2 amide bonds. The summed E-state index contributed by atoms with van der Waals surface area (Å²) in [7, 11) is 0. The number of amides is 2. The first-order valence-electron chi connectivity index (χ1n) is 5.51. The third-order valence-electron chi connectivity index (χ3n) is 2.92. The maximum Gasteiger partial charge on any atom is 0.352 e. The number of carboxylic acid groups (broad SMARTS) is 1. The third kappa shape index (κ3) is 2.17. The van der Waals surface area contributed by atoms with Crippen molar-refractivity contribution in [3.63, 3.8) is 0 Å². The van der Waals surface area contributed by atoms with Crippen molar-refractivity contribution in [3.8, 4) is 6.07 Å². The fourth-order valence-electron chi connectivity index (χ4n) is 2.07. The van der Waals surface area contributed by atoms with Gasteiger partial charge in [-0.15, -0.1) is 11.8 Å². The average Bonchev–Trinajstić information content (AvgIpc) is 2.35. The van der Waals surface area contributed by atoms with Crippen molar-refractivity contribution in [1.82, 2.24) is 10.2 Å². The summed E-state index contributed by atoms with van der Waals surface area (Å²) in [6.07, 6.45) is -0.318. The van der Waals surface area contributed by atoms with Gasteiger partial charge < -0.3 is 10.4 Å². The van der Waals surface area contributed by atoms with Crippen LogP contribution in [0.15, 0.2) is 11.3 Å². The maximum absolute atomic E-state index is 11.9. The molecule has 7 nitrogen and oxygen atoms in total. The molecule has 0 aromatic rings. The van der Waals surface area contributed by atoms with Gasteiger partial charge in [-0.25, -0.2) is 4.79 Å². The van der Waals surface area contributed by atoms with E-state index in [0.717, 1.165) is 0 Å². The number of carbonyl (C=O) groups excluding carboxylic acids is 2. The van der Waals surface area contributed by atoms with Crippen LogP contribution in [0.25, 0.3) is 0 Å². The number of hydrogen-bond acceptors (Lipinski definition) is 5. The normalized spacial score (nSPS) is 25.3. The Bertz CT molecular complexity index is 537. The summed E-state index contributed by atoms with van der Waals surface area (Å²) in [4.78, 5) is 35.6. The van der Waals surface area contributed by atoms with E-state index in [9.17, 15) is 14.4 Å². The molecule has 0 radical (unpaired) electrons. The Hall–Kier alpha value is -2.01. The molecule has 1 saturated heterocycles. The number of carbonyl (C=O) groups is 3. The second kappa shape index (κ2) is 4.93. The summed E-state index contributed by atoms with van der Waals surface area (Å²) in [5, 5.41) is 19.6. The SMILES string of the molecule is CC1=C(C(=O)O)N2C(=O)[C@@H](NC(=O)CC#N)[C@H]2SC1. The number of hydrogen-bond donors (Lipinski definition) is 2. The minimum atomic E-state index is -1.14. The molecule has 2 aliphatic heterocycles. The zero-order chi connectivity index (χ0) is 14.2. The Kier molecular flexibility index (Phi) is 3.48. The van der Waals surface area contributed by atoms with E-state index in [4.69, 9.17) is 10.4 Å². The second-order valence-corrected chi connectivity index (χ2v) is 5.33. The number of nitriles is 1. The summed E-state index contributed by atoms with van der Waals surface area (Å²) in [6.45, 7) is 1.67. The van der Waals surface area contributed by atoms with Crippen LogP contribution in [-0.4, -0.2) is 45.0 Å². The van der Waals surface area contributed by atoms with Crippen molar-refractivity contribution < 1.29 is 19.5 Å². The van der Waals surface area contributed by atoms with Crippen molar-refractivity contribution >= 4 is 29.5 Å². The van der Waals surface area contributed by atoms with Crippen molar-refractivity contribution in [2.75, 3.05) is 5.75 Å². The zero-order valence-corrected chi connectivity index (χ0v) is 10.9. The average molecular weight is 281 g/mol. The van der Waals surface area contributed by atoms with E-state index in [0.29, 0.717) is 11.3 Å². The fraction of sp³-hybridized carbons (Fsp3) is 0.455. The van der Waals surface area contributed by atoms with E-state index < -0.39 is 29.2 Å². The second-order valence-electron chi connectivity index (χ2n) is 4.22. The molecule has 0 spiro atoms. The standard InChI is InChI=1S/C11H11N3O4S/c1-5-4-19-10-7(13-6(15)2-3-12)9(16)14(10)8(5)11(17)18/h7,10H,2,4H2,1H3,(H,13,15)(H,17,18)/t7-,10-/m1/s1. The van der Waals surface area contributed by atoms with Crippen LogP contribution in [0, 0.1) is 11.3 Å². The van der Waals surface area contributed by atoms with Gasteiger partial charge in [0.1, 0.15) is 23.5 Å². The molecule has 0 aliphatic carbocycles. The van der Waals surface area contributed by atoms with Gasteiger partial charge in [0, 0.05) is 5.75 Å². The summed E-state index contributed by atoms with van der Waals surface area (Å²) in [5.41, 5.74) is 0.628. The summed E-state index contributed by atoms with van der Waals surface area (Å²) < 4.78 is 0. The Labute approximate surface area is 113 Å². The van der Waals surface area contributed by atoms with Gasteiger partial charge in [-0.3, -0.25) is 14.5 Å². The Morgan fingerprint density at radius 1 is 1.63 bits per heavy atom. The van der Waals surface area contributed by atoms with E-state index in [1.54, 1.807) is 13.0 Å². The number of fused-ring (bicyclic) bond motifs is 1. The highest BCUT2D eigenvalue weighted by Crippen LogP contribution is 2.40. The number of thioether (sulfide) groups is 1. The molecule has 2 aliphatic rings. The van der Waals surface area contributed by atoms with Crippen molar-refractivity contribution in [2.45, 2.75) is 24.8 Å². The molecule has 19 heavy (non-hydrogen) atoms. The number of aliphatic carboxylic acids is 1. The Morgan fingerprint density at radius 3 is 2.89 bits per heavy atom. The predicted octanol–water partition coefficient (Wildman–Crippen LogP) is -0.341. The molecule has 2 N–H and O–H groups in total. The minimum Gasteiger partial charge on any atom is -0.477 e. The first-order chi connectivity index (χ1) is 8.97. The highest BCUT2D eigenvalue weighted by molar-refractivity contribution is 8.00. The number of carboxylic acids is 1. The highest BCUT2D eigenvalue weighted by atomic mass is 32.2. The summed E-state index contributed by atoms with van der Waals surface area (Å²) in [5.74, 6) is -1.61. The third-order valence-corrected chi connectivity index (χ3v) is 4.34. The van der Waals surface area contributed by atoms with Gasteiger partial charge in [0.2, 0.25) is 5.91 Å². The molecule has 0 saturated carbocycles. The Morgan fingerprint density at radius 2 is 2.32 bits per heavy atom. The molecule has 2 heterocycles. The zero-order valence-electron chi connectivity index (χ0n) is 10.0. The predicted molar refractivity (Wildman–Crippen MR) is 65.6 cm³/mol. The molecule has 100 valence electrons. The van der Waals surface area contributed by atoms with Gasteiger partial charge in [0.05, 0.1) is 6.07 Å². The lowest BCUT2D eigenvalue weighted by Gasteiger charge is -2.49. The van der Waals surface area contributed by atoms with Crippen LogP contribution in [0.2, 0.25) is 0 Å². The molecular formula is C11H11N3O4S. The van der Waals surface area contributed by atoms with Crippen molar-refractivity contribution in [1.29, 1.82) is 5.26 Å². The van der Waals surface area contributed by atoms with E-state index >= 15 is 0 Å². The molecule has 0 aromatic carbocycles. The summed E-state index contributed by atoms with van der Waals surface area (Å²) >= 11 is 1.40. The van der Waals surface area contributed by atoms with Gasteiger partial charge in [-0.1, -0.05) is 0 Å². The molecule has 0 bridgehead atoms. The molecule has 0 aromatic heterocycles. The number of β-lactam (4-membered cyclic amide) rings is 1. The first-order valence-corrected chi connectivity index (χ1v) is 6.56. The van der Waals surface area contributed by atoms with Gasteiger partial charge in [-0.2, -0.15) is 5.26 Å². The van der Waals surface area contributed by atoms with Crippen molar-refractivity contribution in [2.24, 2.45) is 0 Å². The maximum atomic E-state index is 11.9. The molecule has 8 heteroatoms. The smallest absolute Gasteiger partial charge is 0.352 e. The molecule has 0 unspecified atom stereocenters. The van der Waals surface area contributed by atoms with Crippen LogP contribution in [0.1, 0.15) is 13.3 Å². The van der Waals surface area contributed by atoms with E-state index in [1.165, 1.54) is 16.7 Å². The molecule has 2 atom stereocenters. The van der Waals surface area contributed by atoms with Crippen LogP contribution in [0.4, 0.5) is 0 Å². The van der Waals surface area contributed by atoms with Gasteiger partial charge in [0.15, 0.2) is 0 Å². The van der Waals surface area contributed by atoms with Crippen molar-refractivity contribution in [3.05, 3.63) is 11.3 Å².